The molecule has 0 amide bonds. The zero-order valence-electron chi connectivity index (χ0n) is 10.1. The minimum Gasteiger partial charge on any atom is -0.366 e. The zero-order valence-corrected chi connectivity index (χ0v) is 11.6. The molecule has 2 rings (SSSR count). The molecule has 0 aliphatic rings. The highest BCUT2D eigenvalue weighted by atomic mass is 35.5. The lowest BCUT2D eigenvalue weighted by Gasteiger charge is -2.19. The minimum atomic E-state index is 0.291. The van der Waals surface area contributed by atoms with Crippen molar-refractivity contribution in [3.63, 3.8) is 0 Å². The van der Waals surface area contributed by atoms with E-state index < -0.39 is 0 Å². The number of thiophene rings is 1. The number of nitrogens with zero attached hydrogens (tertiary/aromatic N) is 3. The lowest BCUT2D eigenvalue weighted by atomic mass is 10.3. The summed E-state index contributed by atoms with van der Waals surface area (Å²) in [7, 11) is 4.09. The van der Waals surface area contributed by atoms with Crippen LogP contribution in [-0.2, 0) is 0 Å². The second kappa shape index (κ2) is 5.16. The topological polar surface area (TPSA) is 41.0 Å². The molecule has 0 aliphatic heterocycles. The van der Waals surface area contributed by atoms with Crippen molar-refractivity contribution in [3.05, 3.63) is 16.7 Å². The van der Waals surface area contributed by atoms with Gasteiger partial charge in [-0.15, -0.1) is 11.3 Å². The van der Waals surface area contributed by atoms with E-state index >= 15 is 0 Å². The van der Waals surface area contributed by atoms with Crippen molar-refractivity contribution in [3.8, 4) is 0 Å². The third-order valence-corrected chi connectivity index (χ3v) is 3.30. The second-order valence-electron chi connectivity index (χ2n) is 4.29. The molecular weight excluding hydrogens is 256 g/mol. The van der Waals surface area contributed by atoms with E-state index in [2.05, 4.69) is 27.1 Å². The number of aromatic nitrogens is 2. The van der Waals surface area contributed by atoms with Crippen LogP contribution in [0.3, 0.4) is 0 Å². The Hall–Kier alpha value is -0.910. The molecule has 0 aliphatic carbocycles. The predicted octanol–water partition coefficient (Wildman–Crippen LogP) is 2.71. The number of likely N-dealkylation sites (N-methyl/N-ethyl adjacent to an activating group) is 1. The summed E-state index contributed by atoms with van der Waals surface area (Å²) in [5.41, 5.74) is 0. The fourth-order valence-electron chi connectivity index (χ4n) is 1.77. The summed E-state index contributed by atoms with van der Waals surface area (Å²) in [5.74, 6) is 0.815. The van der Waals surface area contributed by atoms with Gasteiger partial charge in [0.25, 0.3) is 0 Å². The molecule has 1 atom stereocenters. The number of anilines is 1. The molecule has 4 nitrogen and oxygen atoms in total. The van der Waals surface area contributed by atoms with Crippen LogP contribution >= 0.6 is 22.9 Å². The Morgan fingerprint density at radius 2 is 2.24 bits per heavy atom. The molecule has 2 heterocycles. The first-order chi connectivity index (χ1) is 8.06. The van der Waals surface area contributed by atoms with Crippen molar-refractivity contribution in [2.75, 3.05) is 26.0 Å². The molecular formula is C11H15ClN4S. The van der Waals surface area contributed by atoms with Gasteiger partial charge in [0.15, 0.2) is 0 Å². The Labute approximate surface area is 110 Å². The molecule has 2 aromatic rings. The molecule has 0 saturated heterocycles. The Morgan fingerprint density at radius 3 is 2.94 bits per heavy atom. The lowest BCUT2D eigenvalue weighted by molar-refractivity contribution is 0.392. The van der Waals surface area contributed by atoms with Crippen LogP contribution in [0.4, 0.5) is 5.82 Å². The molecule has 0 saturated carbocycles. The van der Waals surface area contributed by atoms with Crippen LogP contribution in [0.2, 0.25) is 5.28 Å². The highest BCUT2D eigenvalue weighted by Crippen LogP contribution is 2.26. The quantitative estimate of drug-likeness (QED) is 0.868. The summed E-state index contributed by atoms with van der Waals surface area (Å²) < 4.78 is 0. The Morgan fingerprint density at radius 1 is 1.47 bits per heavy atom. The molecule has 0 bridgehead atoms. The predicted molar refractivity (Wildman–Crippen MR) is 74.1 cm³/mol. The first-order valence-electron chi connectivity index (χ1n) is 5.38. The SMILES string of the molecule is CC(CN(C)C)Nc1nc(Cl)nc2sccc12. The first-order valence-corrected chi connectivity index (χ1v) is 6.64. The van der Waals surface area contributed by atoms with E-state index in [1.54, 1.807) is 11.3 Å². The maximum Gasteiger partial charge on any atom is 0.225 e. The average molecular weight is 271 g/mol. The number of rotatable bonds is 4. The zero-order chi connectivity index (χ0) is 12.4. The normalized spacial score (nSPS) is 13.2. The van der Waals surface area contributed by atoms with E-state index in [0.29, 0.717) is 11.3 Å². The molecule has 0 fully saturated rings. The summed E-state index contributed by atoms with van der Waals surface area (Å²) in [6.45, 7) is 3.06. The van der Waals surface area contributed by atoms with Crippen LogP contribution < -0.4 is 5.32 Å². The van der Waals surface area contributed by atoms with Crippen molar-refractivity contribution in [1.82, 2.24) is 14.9 Å². The largest absolute Gasteiger partial charge is 0.366 e. The fourth-order valence-corrected chi connectivity index (χ4v) is 2.75. The van der Waals surface area contributed by atoms with Gasteiger partial charge in [-0.1, -0.05) is 0 Å². The van der Waals surface area contributed by atoms with E-state index in [1.807, 2.05) is 25.5 Å². The number of nitrogens with one attached hydrogen (secondary N) is 1. The van der Waals surface area contributed by atoms with Crippen molar-refractivity contribution < 1.29 is 0 Å². The molecule has 6 heteroatoms. The summed E-state index contributed by atoms with van der Waals surface area (Å²) in [5, 5.41) is 6.69. The van der Waals surface area contributed by atoms with Gasteiger partial charge in [-0.25, -0.2) is 9.97 Å². The molecule has 0 aromatic carbocycles. The summed E-state index contributed by atoms with van der Waals surface area (Å²) in [6, 6.07) is 2.32. The van der Waals surface area contributed by atoms with Gasteiger partial charge in [0.05, 0.1) is 5.39 Å². The maximum atomic E-state index is 5.90. The van der Waals surface area contributed by atoms with Crippen LogP contribution in [0.25, 0.3) is 10.2 Å². The van der Waals surface area contributed by atoms with Crippen LogP contribution in [0.1, 0.15) is 6.92 Å². The summed E-state index contributed by atoms with van der Waals surface area (Å²) >= 11 is 7.47. The van der Waals surface area contributed by atoms with E-state index in [-0.39, 0.29) is 0 Å². The van der Waals surface area contributed by atoms with Crippen LogP contribution in [0.5, 0.6) is 0 Å². The van der Waals surface area contributed by atoms with Crippen LogP contribution in [-0.4, -0.2) is 41.5 Å². The molecule has 1 N–H and O–H groups in total. The molecule has 1 unspecified atom stereocenters. The van der Waals surface area contributed by atoms with E-state index in [1.165, 1.54) is 0 Å². The highest BCUT2D eigenvalue weighted by Gasteiger charge is 2.10. The monoisotopic (exact) mass is 270 g/mol. The molecule has 0 radical (unpaired) electrons. The van der Waals surface area contributed by atoms with E-state index in [9.17, 15) is 0 Å². The fraction of sp³-hybridized carbons (Fsp3) is 0.455. The Bertz CT molecular complexity index is 511. The third kappa shape index (κ3) is 3.06. The van der Waals surface area contributed by atoms with Gasteiger partial charge >= 0.3 is 0 Å². The first kappa shape index (κ1) is 12.5. The van der Waals surface area contributed by atoms with Gasteiger partial charge in [-0.05, 0) is 44.1 Å². The van der Waals surface area contributed by atoms with Gasteiger partial charge in [0, 0.05) is 12.6 Å². The van der Waals surface area contributed by atoms with Crippen LogP contribution in [0.15, 0.2) is 11.4 Å². The number of halogens is 1. The average Bonchev–Trinajstić information content (AvgIpc) is 2.63. The molecule has 2 aromatic heterocycles. The number of hydrogen-bond donors (Lipinski definition) is 1. The Kier molecular flexibility index (Phi) is 3.81. The van der Waals surface area contributed by atoms with Gasteiger partial charge in [0.1, 0.15) is 10.6 Å². The molecule has 17 heavy (non-hydrogen) atoms. The molecule has 92 valence electrons. The van der Waals surface area contributed by atoms with Crippen molar-refractivity contribution in [2.24, 2.45) is 0 Å². The van der Waals surface area contributed by atoms with Crippen molar-refractivity contribution in [2.45, 2.75) is 13.0 Å². The van der Waals surface area contributed by atoms with Gasteiger partial charge < -0.3 is 10.2 Å². The van der Waals surface area contributed by atoms with Gasteiger partial charge in [-0.3, -0.25) is 0 Å². The Balaban J connectivity index is 2.25. The highest BCUT2D eigenvalue weighted by molar-refractivity contribution is 7.16. The molecule has 0 spiro atoms. The smallest absolute Gasteiger partial charge is 0.225 e. The summed E-state index contributed by atoms with van der Waals surface area (Å²) in [6.07, 6.45) is 0. The number of hydrogen-bond acceptors (Lipinski definition) is 5. The van der Waals surface area contributed by atoms with Crippen molar-refractivity contribution in [1.29, 1.82) is 0 Å². The van der Waals surface area contributed by atoms with Gasteiger partial charge in [0.2, 0.25) is 5.28 Å². The minimum absolute atomic E-state index is 0.291. The van der Waals surface area contributed by atoms with Crippen LogP contribution in [0, 0.1) is 0 Å². The summed E-state index contributed by atoms with van der Waals surface area (Å²) in [4.78, 5) is 11.5. The van der Waals surface area contributed by atoms with E-state index in [4.69, 9.17) is 11.6 Å². The lowest BCUT2D eigenvalue weighted by Crippen LogP contribution is -2.30. The van der Waals surface area contributed by atoms with Crippen molar-refractivity contribution >= 4 is 39.0 Å². The van der Waals surface area contributed by atoms with Gasteiger partial charge in [-0.2, -0.15) is 0 Å². The second-order valence-corrected chi connectivity index (χ2v) is 5.52. The third-order valence-electron chi connectivity index (χ3n) is 2.32. The maximum absolute atomic E-state index is 5.90. The number of fused-ring (bicyclic) bond motifs is 1. The van der Waals surface area contributed by atoms with E-state index in [0.717, 1.165) is 22.6 Å². The standard InChI is InChI=1S/C11H15ClN4S/c1-7(6-16(2)3)13-9-8-4-5-17-10(8)15-11(12)14-9/h4-5,7H,6H2,1-3H3,(H,13,14,15).